The molecule has 1 unspecified atom stereocenters. The van der Waals surface area contributed by atoms with Crippen molar-refractivity contribution in [3.8, 4) is 0 Å². The molecule has 8 nitrogen and oxygen atoms in total. The fourth-order valence-electron chi connectivity index (χ4n) is 2.46. The summed E-state index contributed by atoms with van der Waals surface area (Å²) in [6.07, 6.45) is 1.54. The number of rotatable bonds is 10. The largest absolute Gasteiger partial charge is 0.395 e. The van der Waals surface area contributed by atoms with Crippen molar-refractivity contribution in [2.75, 3.05) is 32.6 Å². The lowest BCUT2D eigenvalue weighted by Crippen LogP contribution is -2.47. The second-order valence-corrected chi connectivity index (χ2v) is 5.33. The van der Waals surface area contributed by atoms with Gasteiger partial charge in [-0.1, -0.05) is 12.1 Å². The highest BCUT2D eigenvalue weighted by Crippen LogP contribution is 2.22. The number of carbonyl (C=O) groups is 4. The van der Waals surface area contributed by atoms with E-state index in [4.69, 9.17) is 5.11 Å². The number of nitrogens with one attached hydrogen (secondary N) is 2. The van der Waals surface area contributed by atoms with Crippen molar-refractivity contribution in [2.45, 2.75) is 18.9 Å². The van der Waals surface area contributed by atoms with E-state index in [0.29, 0.717) is 18.3 Å². The van der Waals surface area contributed by atoms with Crippen LogP contribution >= 0.6 is 0 Å². The minimum Gasteiger partial charge on any atom is -0.395 e. The summed E-state index contributed by atoms with van der Waals surface area (Å²) < 4.78 is 0. The first kappa shape index (κ1) is 20.3. The van der Waals surface area contributed by atoms with Crippen molar-refractivity contribution in [1.29, 1.82) is 0 Å². The monoisotopic (exact) mass is 349 g/mol. The zero-order chi connectivity index (χ0) is 18.8. The van der Waals surface area contributed by atoms with Gasteiger partial charge < -0.3 is 25.4 Å². The molecule has 0 spiro atoms. The number of nitrogens with zero attached hydrogens (tertiary/aromatic N) is 1. The van der Waals surface area contributed by atoms with Gasteiger partial charge in [0.2, 0.25) is 5.91 Å². The Labute approximate surface area is 146 Å². The number of benzene rings is 1. The Morgan fingerprint density at radius 3 is 2.60 bits per heavy atom. The highest BCUT2D eigenvalue weighted by Gasteiger charge is 2.29. The zero-order valence-corrected chi connectivity index (χ0v) is 14.3. The number of hydrogen-bond donors (Lipinski definition) is 3. The van der Waals surface area contributed by atoms with Crippen molar-refractivity contribution in [3.63, 3.8) is 0 Å². The summed E-state index contributed by atoms with van der Waals surface area (Å²) in [5.41, 5.74) is 0.681. The molecule has 136 valence electrons. The number of aliphatic hydroxyl groups excluding tert-OH is 1. The number of likely N-dealkylation sites (N-methyl/N-ethyl adjacent to an activating group) is 2. The summed E-state index contributed by atoms with van der Waals surface area (Å²) in [5.74, 6) is -0.922. The molecule has 2 amide bonds. The van der Waals surface area contributed by atoms with Gasteiger partial charge in [0.25, 0.3) is 5.91 Å². The van der Waals surface area contributed by atoms with Gasteiger partial charge in [-0.25, -0.2) is 0 Å². The van der Waals surface area contributed by atoms with Gasteiger partial charge in [0.1, 0.15) is 12.3 Å². The Morgan fingerprint density at radius 2 is 2.04 bits per heavy atom. The van der Waals surface area contributed by atoms with Crippen LogP contribution in [0.15, 0.2) is 18.2 Å². The van der Waals surface area contributed by atoms with E-state index in [9.17, 15) is 19.2 Å². The first-order chi connectivity index (χ1) is 12.0. The fourth-order valence-corrected chi connectivity index (χ4v) is 2.46. The molecule has 0 aliphatic heterocycles. The topological polar surface area (TPSA) is 116 Å². The van der Waals surface area contributed by atoms with Gasteiger partial charge in [-0.05, 0) is 12.5 Å². The lowest BCUT2D eigenvalue weighted by molar-refractivity contribution is -0.125. The van der Waals surface area contributed by atoms with Crippen molar-refractivity contribution >= 4 is 30.1 Å². The summed E-state index contributed by atoms with van der Waals surface area (Å²) >= 11 is 0. The number of amides is 2. The van der Waals surface area contributed by atoms with E-state index in [-0.39, 0.29) is 37.1 Å². The van der Waals surface area contributed by atoms with Crippen molar-refractivity contribution in [2.24, 2.45) is 0 Å². The summed E-state index contributed by atoms with van der Waals surface area (Å²) in [6.45, 7) is 0.0608. The van der Waals surface area contributed by atoms with Gasteiger partial charge in [-0.2, -0.15) is 0 Å². The van der Waals surface area contributed by atoms with E-state index in [1.54, 1.807) is 12.1 Å². The van der Waals surface area contributed by atoms with Gasteiger partial charge in [-0.3, -0.25) is 14.4 Å². The molecule has 0 aliphatic carbocycles. The maximum absolute atomic E-state index is 12.9. The van der Waals surface area contributed by atoms with Crippen molar-refractivity contribution < 1.29 is 24.3 Å². The Morgan fingerprint density at radius 1 is 1.32 bits per heavy atom. The number of hydrogen-bond acceptors (Lipinski definition) is 6. The Balaban J connectivity index is 3.23. The standard InChI is InChI=1S/C17H23N3O5/c1-18-16(24)14(7-4-9-21)20(2)17(25)15-12(11-23)5-3-6-13(15)19-8-10-22/h3,5-6,9,11,14,19,22H,4,7-8,10H2,1-2H3,(H,18,24). The second-order valence-electron chi connectivity index (χ2n) is 5.33. The van der Waals surface area contributed by atoms with E-state index in [1.165, 1.54) is 25.1 Å². The average Bonchev–Trinajstić information content (AvgIpc) is 2.64. The van der Waals surface area contributed by atoms with Crippen LogP contribution < -0.4 is 10.6 Å². The van der Waals surface area contributed by atoms with Crippen LogP contribution in [0.2, 0.25) is 0 Å². The maximum Gasteiger partial charge on any atom is 0.257 e. The molecule has 0 aromatic heterocycles. The van der Waals surface area contributed by atoms with Crippen molar-refractivity contribution in [1.82, 2.24) is 10.2 Å². The van der Waals surface area contributed by atoms with E-state index in [0.717, 1.165) is 0 Å². The molecule has 1 aromatic carbocycles. The molecule has 8 heteroatoms. The normalized spacial score (nSPS) is 11.3. The molecule has 0 aliphatic rings. The van der Waals surface area contributed by atoms with E-state index < -0.39 is 17.9 Å². The third kappa shape index (κ3) is 5.12. The third-order valence-electron chi connectivity index (χ3n) is 3.76. The van der Waals surface area contributed by atoms with Gasteiger partial charge in [-0.15, -0.1) is 0 Å². The molecule has 0 radical (unpaired) electrons. The Kier molecular flexibility index (Phi) is 8.28. The number of anilines is 1. The van der Waals surface area contributed by atoms with Gasteiger partial charge >= 0.3 is 0 Å². The molecule has 0 bridgehead atoms. The predicted molar refractivity (Wildman–Crippen MR) is 92.7 cm³/mol. The van der Waals surface area contributed by atoms with E-state index in [1.807, 2.05) is 0 Å². The molecule has 1 rings (SSSR count). The quantitative estimate of drug-likeness (QED) is 0.515. The van der Waals surface area contributed by atoms with Crippen LogP contribution in [0.25, 0.3) is 0 Å². The van der Waals surface area contributed by atoms with Crippen molar-refractivity contribution in [3.05, 3.63) is 29.3 Å². The molecule has 1 atom stereocenters. The van der Waals surface area contributed by atoms with Crippen LogP contribution in [0.3, 0.4) is 0 Å². The molecule has 1 aromatic rings. The summed E-state index contributed by atoms with van der Waals surface area (Å²) in [5, 5.41) is 14.3. The smallest absolute Gasteiger partial charge is 0.257 e. The average molecular weight is 349 g/mol. The van der Waals surface area contributed by atoms with Gasteiger partial charge in [0.05, 0.1) is 12.2 Å². The summed E-state index contributed by atoms with van der Waals surface area (Å²) in [6, 6.07) is 3.89. The van der Waals surface area contributed by atoms with Crippen LogP contribution in [0.5, 0.6) is 0 Å². The lowest BCUT2D eigenvalue weighted by Gasteiger charge is -2.27. The first-order valence-corrected chi connectivity index (χ1v) is 7.87. The molecular formula is C17H23N3O5. The number of carbonyl (C=O) groups excluding carboxylic acids is 4. The minimum atomic E-state index is -0.840. The van der Waals surface area contributed by atoms with E-state index >= 15 is 0 Å². The van der Waals surface area contributed by atoms with Crippen LogP contribution in [0, 0.1) is 0 Å². The Hall–Kier alpha value is -2.74. The molecule has 0 heterocycles. The first-order valence-electron chi connectivity index (χ1n) is 7.87. The molecule has 25 heavy (non-hydrogen) atoms. The molecule has 0 fully saturated rings. The summed E-state index contributed by atoms with van der Waals surface area (Å²) in [7, 11) is 2.90. The van der Waals surface area contributed by atoms with Crippen LogP contribution in [0.4, 0.5) is 5.69 Å². The molecule has 0 saturated carbocycles. The fraction of sp³-hybridized carbons (Fsp3) is 0.412. The van der Waals surface area contributed by atoms with Crippen LogP contribution in [-0.2, 0) is 9.59 Å². The van der Waals surface area contributed by atoms with Gasteiger partial charge in [0.15, 0.2) is 6.29 Å². The third-order valence-corrected chi connectivity index (χ3v) is 3.76. The highest BCUT2D eigenvalue weighted by atomic mass is 16.3. The van der Waals surface area contributed by atoms with Gasteiger partial charge in [0, 0.05) is 38.3 Å². The lowest BCUT2D eigenvalue weighted by atomic mass is 10.0. The SMILES string of the molecule is CNC(=O)C(CCC=O)N(C)C(=O)c1c(C=O)cccc1NCCO. The molecule has 0 saturated heterocycles. The minimum absolute atomic E-state index is 0.119. The van der Waals surface area contributed by atoms with Crippen LogP contribution in [0.1, 0.15) is 33.6 Å². The predicted octanol–water partition coefficient (Wildman–Crippen LogP) is 0.0690. The molecule has 3 N–H and O–H groups in total. The second kappa shape index (κ2) is 10.2. The number of aliphatic hydroxyl groups is 1. The number of aldehydes is 2. The zero-order valence-electron chi connectivity index (χ0n) is 14.3. The van der Waals surface area contributed by atoms with Crippen LogP contribution in [-0.4, -0.2) is 67.7 Å². The summed E-state index contributed by atoms with van der Waals surface area (Å²) in [4.78, 5) is 48.2. The highest BCUT2D eigenvalue weighted by molar-refractivity contribution is 6.07. The Bertz CT molecular complexity index is 633. The molecular weight excluding hydrogens is 326 g/mol. The maximum atomic E-state index is 12.9. The van der Waals surface area contributed by atoms with E-state index in [2.05, 4.69) is 10.6 Å².